The van der Waals surface area contributed by atoms with Crippen LogP contribution in [-0.4, -0.2) is 41.3 Å². The van der Waals surface area contributed by atoms with E-state index in [1.807, 2.05) is 24.3 Å². The molecule has 0 fully saturated rings. The molecule has 8 heteroatoms. The molecule has 1 aromatic carbocycles. The molecule has 0 bridgehead atoms. The highest BCUT2D eigenvalue weighted by Gasteiger charge is 2.10. The van der Waals surface area contributed by atoms with Crippen LogP contribution in [0.15, 0.2) is 53.2 Å². The Balaban J connectivity index is 1.35. The Kier molecular flexibility index (Phi) is 6.35. The summed E-state index contributed by atoms with van der Waals surface area (Å²) < 4.78 is 16.2. The van der Waals surface area contributed by atoms with Crippen LogP contribution in [0.3, 0.4) is 0 Å². The van der Waals surface area contributed by atoms with Gasteiger partial charge < -0.3 is 19.2 Å². The molecule has 3 rings (SSSR count). The maximum atomic E-state index is 11.9. The Morgan fingerprint density at radius 1 is 1.07 bits per heavy atom. The minimum absolute atomic E-state index is 0.100. The summed E-state index contributed by atoms with van der Waals surface area (Å²) in [6.07, 6.45) is 3.95. The molecule has 1 amide bonds. The minimum Gasteiger partial charge on any atom is -0.497 e. The summed E-state index contributed by atoms with van der Waals surface area (Å²) in [6, 6.07) is 10.8. The lowest BCUT2D eigenvalue weighted by Crippen LogP contribution is -2.28. The standard InChI is InChI=1S/C19H20N4O4/c1-25-15-2-4-16(5-3-15)26-13-12-21-17(24)6-7-18-22-23-19(27-18)14-8-10-20-11-9-14/h2-5,8-11H,6-7,12-13H2,1H3,(H,21,24). The van der Waals surface area contributed by atoms with E-state index in [9.17, 15) is 4.79 Å². The number of carbonyl (C=O) groups excluding carboxylic acids is 1. The second-order valence-corrected chi connectivity index (χ2v) is 5.61. The average Bonchev–Trinajstić information content (AvgIpc) is 3.20. The average molecular weight is 368 g/mol. The molecule has 140 valence electrons. The zero-order chi connectivity index (χ0) is 18.9. The van der Waals surface area contributed by atoms with Crippen LogP contribution in [-0.2, 0) is 11.2 Å². The van der Waals surface area contributed by atoms with Gasteiger partial charge >= 0.3 is 0 Å². The highest BCUT2D eigenvalue weighted by molar-refractivity contribution is 5.76. The van der Waals surface area contributed by atoms with Gasteiger partial charge in [-0.05, 0) is 36.4 Å². The summed E-state index contributed by atoms with van der Waals surface area (Å²) in [4.78, 5) is 15.8. The number of pyridine rings is 1. The number of nitrogens with one attached hydrogen (secondary N) is 1. The third-order valence-corrected chi connectivity index (χ3v) is 3.71. The van der Waals surface area contributed by atoms with E-state index in [2.05, 4.69) is 20.5 Å². The molecule has 27 heavy (non-hydrogen) atoms. The molecule has 0 spiro atoms. The van der Waals surface area contributed by atoms with Gasteiger partial charge in [-0.2, -0.15) is 0 Å². The van der Waals surface area contributed by atoms with E-state index < -0.39 is 0 Å². The van der Waals surface area contributed by atoms with Crippen molar-refractivity contribution in [3.05, 3.63) is 54.7 Å². The predicted molar refractivity (Wildman–Crippen MR) is 97.3 cm³/mol. The van der Waals surface area contributed by atoms with Gasteiger partial charge in [0.2, 0.25) is 17.7 Å². The molecule has 3 aromatic rings. The summed E-state index contributed by atoms with van der Waals surface area (Å²) in [5.74, 6) is 2.23. The fourth-order valence-corrected chi connectivity index (χ4v) is 2.31. The summed E-state index contributed by atoms with van der Waals surface area (Å²) >= 11 is 0. The smallest absolute Gasteiger partial charge is 0.247 e. The van der Waals surface area contributed by atoms with E-state index in [0.717, 1.165) is 17.1 Å². The fourth-order valence-electron chi connectivity index (χ4n) is 2.31. The number of ether oxygens (including phenoxy) is 2. The lowest BCUT2D eigenvalue weighted by Gasteiger charge is -2.08. The van der Waals surface area contributed by atoms with E-state index in [1.165, 1.54) is 0 Å². The molecule has 0 unspecified atom stereocenters. The van der Waals surface area contributed by atoms with Gasteiger partial charge in [0.1, 0.15) is 18.1 Å². The Morgan fingerprint density at radius 3 is 2.56 bits per heavy atom. The first-order chi connectivity index (χ1) is 13.2. The topological polar surface area (TPSA) is 99.4 Å². The Hall–Kier alpha value is -3.42. The number of hydrogen-bond donors (Lipinski definition) is 1. The first-order valence-electron chi connectivity index (χ1n) is 8.51. The second kappa shape index (κ2) is 9.33. The highest BCUT2D eigenvalue weighted by Crippen LogP contribution is 2.17. The number of hydrogen-bond acceptors (Lipinski definition) is 7. The SMILES string of the molecule is COc1ccc(OCCNC(=O)CCc2nnc(-c3ccncc3)o2)cc1. The zero-order valence-electron chi connectivity index (χ0n) is 14.9. The number of amides is 1. The van der Waals surface area contributed by atoms with Crippen molar-refractivity contribution in [2.24, 2.45) is 0 Å². The molecule has 0 saturated heterocycles. The quantitative estimate of drug-likeness (QED) is 0.578. The summed E-state index contributed by atoms with van der Waals surface area (Å²) in [7, 11) is 1.61. The molecule has 0 saturated carbocycles. The minimum atomic E-state index is -0.100. The van der Waals surface area contributed by atoms with Gasteiger partial charge in [0, 0.05) is 30.8 Å². The number of rotatable bonds is 9. The third-order valence-electron chi connectivity index (χ3n) is 3.71. The molecule has 0 aliphatic heterocycles. The largest absolute Gasteiger partial charge is 0.497 e. The van der Waals surface area contributed by atoms with Gasteiger partial charge in [0.15, 0.2) is 0 Å². The lowest BCUT2D eigenvalue weighted by atomic mass is 10.3. The highest BCUT2D eigenvalue weighted by atomic mass is 16.5. The first kappa shape index (κ1) is 18.4. The van der Waals surface area contributed by atoms with Crippen LogP contribution in [0, 0.1) is 0 Å². The summed E-state index contributed by atoms with van der Waals surface area (Å²) in [6.45, 7) is 0.793. The number of methoxy groups -OCH3 is 1. The Morgan fingerprint density at radius 2 is 1.81 bits per heavy atom. The van der Waals surface area contributed by atoms with Crippen molar-refractivity contribution < 1.29 is 18.7 Å². The van der Waals surface area contributed by atoms with Gasteiger partial charge in [-0.25, -0.2) is 0 Å². The zero-order valence-corrected chi connectivity index (χ0v) is 14.9. The lowest BCUT2D eigenvalue weighted by molar-refractivity contribution is -0.121. The predicted octanol–water partition coefficient (Wildman–Crippen LogP) is 2.27. The van der Waals surface area contributed by atoms with E-state index in [4.69, 9.17) is 13.9 Å². The van der Waals surface area contributed by atoms with Crippen LogP contribution >= 0.6 is 0 Å². The van der Waals surface area contributed by atoms with Crippen LogP contribution in [0.1, 0.15) is 12.3 Å². The molecule has 0 radical (unpaired) electrons. The third kappa shape index (κ3) is 5.53. The van der Waals surface area contributed by atoms with Crippen molar-refractivity contribution in [3.63, 3.8) is 0 Å². The number of nitrogens with zero attached hydrogens (tertiary/aromatic N) is 3. The van der Waals surface area contributed by atoms with Crippen molar-refractivity contribution in [1.29, 1.82) is 0 Å². The summed E-state index contributed by atoms with van der Waals surface area (Å²) in [5, 5.41) is 10.7. The van der Waals surface area contributed by atoms with Crippen molar-refractivity contribution >= 4 is 5.91 Å². The van der Waals surface area contributed by atoms with E-state index in [1.54, 1.807) is 31.6 Å². The van der Waals surface area contributed by atoms with Gasteiger partial charge in [-0.3, -0.25) is 9.78 Å². The number of aryl methyl sites for hydroxylation is 1. The number of carbonyl (C=O) groups is 1. The Labute approximate surface area is 156 Å². The van der Waals surface area contributed by atoms with Crippen molar-refractivity contribution in [3.8, 4) is 23.0 Å². The molecule has 0 aliphatic carbocycles. The molecule has 1 N–H and O–H groups in total. The molecule has 2 heterocycles. The maximum Gasteiger partial charge on any atom is 0.247 e. The normalized spacial score (nSPS) is 10.4. The van der Waals surface area contributed by atoms with Crippen molar-refractivity contribution in [2.45, 2.75) is 12.8 Å². The number of aromatic nitrogens is 3. The van der Waals surface area contributed by atoms with Crippen LogP contribution in [0.4, 0.5) is 0 Å². The fraction of sp³-hybridized carbons (Fsp3) is 0.263. The van der Waals surface area contributed by atoms with Crippen molar-refractivity contribution in [1.82, 2.24) is 20.5 Å². The maximum absolute atomic E-state index is 11.9. The van der Waals surface area contributed by atoms with Crippen molar-refractivity contribution in [2.75, 3.05) is 20.3 Å². The number of benzene rings is 1. The van der Waals surface area contributed by atoms with Gasteiger partial charge in [-0.1, -0.05) is 0 Å². The van der Waals surface area contributed by atoms with Crippen LogP contribution < -0.4 is 14.8 Å². The molecular formula is C19H20N4O4. The molecule has 8 nitrogen and oxygen atoms in total. The molecule has 2 aromatic heterocycles. The van der Waals surface area contributed by atoms with Gasteiger partial charge in [0.25, 0.3) is 0 Å². The molecule has 0 aliphatic rings. The van der Waals surface area contributed by atoms with E-state index in [-0.39, 0.29) is 12.3 Å². The van der Waals surface area contributed by atoms with Gasteiger partial charge in [0.05, 0.1) is 13.7 Å². The van der Waals surface area contributed by atoms with E-state index >= 15 is 0 Å². The molecular weight excluding hydrogens is 348 g/mol. The monoisotopic (exact) mass is 368 g/mol. The molecule has 0 atom stereocenters. The first-order valence-corrected chi connectivity index (χ1v) is 8.51. The van der Waals surface area contributed by atoms with Crippen LogP contribution in [0.5, 0.6) is 11.5 Å². The second-order valence-electron chi connectivity index (χ2n) is 5.61. The van der Waals surface area contributed by atoms with Gasteiger partial charge in [-0.15, -0.1) is 10.2 Å². The summed E-state index contributed by atoms with van der Waals surface area (Å²) in [5.41, 5.74) is 0.795. The van der Waals surface area contributed by atoms with Crippen LogP contribution in [0.25, 0.3) is 11.5 Å². The Bertz CT molecular complexity index is 850. The van der Waals surface area contributed by atoms with Crippen LogP contribution in [0.2, 0.25) is 0 Å². The van der Waals surface area contributed by atoms with E-state index in [0.29, 0.717) is 31.4 Å².